The van der Waals surface area contributed by atoms with Crippen LogP contribution < -0.4 is 24.8 Å². The summed E-state index contributed by atoms with van der Waals surface area (Å²) in [5.41, 5.74) is 1.04. The number of hydrogen-bond acceptors (Lipinski definition) is 5. The lowest BCUT2D eigenvalue weighted by Crippen LogP contribution is -2.31. The second-order valence-corrected chi connectivity index (χ2v) is 5.85. The maximum atomic E-state index is 5.68. The van der Waals surface area contributed by atoms with E-state index in [9.17, 15) is 0 Å². The van der Waals surface area contributed by atoms with Gasteiger partial charge in [0.1, 0.15) is 0 Å². The van der Waals surface area contributed by atoms with E-state index in [1.807, 2.05) is 45.0 Å². The summed E-state index contributed by atoms with van der Waals surface area (Å²) in [6, 6.07) is 9.48. The zero-order valence-electron chi connectivity index (χ0n) is 15.5. The third-order valence-electron chi connectivity index (χ3n) is 3.64. The maximum Gasteiger partial charge on any atom is 0.174 e. The number of ether oxygens (including phenoxy) is 3. The molecule has 0 unspecified atom stereocenters. The quantitative estimate of drug-likeness (QED) is 0.678. The fraction of sp³-hybridized carbons (Fsp3) is 0.368. The van der Waals surface area contributed by atoms with Crippen molar-refractivity contribution in [2.75, 3.05) is 25.6 Å². The van der Waals surface area contributed by atoms with Crippen molar-refractivity contribution in [3.8, 4) is 17.2 Å². The van der Waals surface area contributed by atoms with Gasteiger partial charge < -0.3 is 24.8 Å². The minimum absolute atomic E-state index is 0.0282. The zero-order valence-corrected chi connectivity index (χ0v) is 16.4. The van der Waals surface area contributed by atoms with Crippen molar-refractivity contribution < 1.29 is 14.2 Å². The minimum Gasteiger partial charge on any atom is -0.493 e. The number of pyridine rings is 1. The molecule has 0 fully saturated rings. The van der Waals surface area contributed by atoms with Gasteiger partial charge in [-0.2, -0.15) is 0 Å². The number of hydrogen-bond donors (Lipinski definition) is 2. The van der Waals surface area contributed by atoms with Crippen molar-refractivity contribution in [1.82, 2.24) is 10.3 Å². The Hall–Kier alpha value is -2.54. The predicted molar refractivity (Wildman–Crippen MR) is 107 cm³/mol. The first-order valence-corrected chi connectivity index (χ1v) is 8.95. The molecule has 26 heavy (non-hydrogen) atoms. The first-order valence-electron chi connectivity index (χ1n) is 8.55. The van der Waals surface area contributed by atoms with Gasteiger partial charge in [0.25, 0.3) is 0 Å². The van der Waals surface area contributed by atoms with Crippen LogP contribution in [0.15, 0.2) is 36.5 Å². The number of anilines is 1. The lowest BCUT2D eigenvalue weighted by molar-refractivity contribution is 0.287. The summed E-state index contributed by atoms with van der Waals surface area (Å²) < 4.78 is 16.6. The Morgan fingerprint density at radius 1 is 1.12 bits per heavy atom. The average Bonchev–Trinajstić information content (AvgIpc) is 2.63. The summed E-state index contributed by atoms with van der Waals surface area (Å²) in [5, 5.41) is 6.77. The maximum absolute atomic E-state index is 5.68. The number of nitrogens with one attached hydrogen (secondary N) is 2. The van der Waals surface area contributed by atoms with Crippen LogP contribution in [-0.2, 0) is 0 Å². The molecule has 0 saturated heterocycles. The fourth-order valence-electron chi connectivity index (χ4n) is 2.41. The van der Waals surface area contributed by atoms with Gasteiger partial charge in [0.05, 0.1) is 26.4 Å². The molecule has 1 aromatic carbocycles. The molecule has 0 aliphatic rings. The Morgan fingerprint density at radius 3 is 2.54 bits per heavy atom. The zero-order chi connectivity index (χ0) is 18.9. The molecule has 1 atom stereocenters. The molecular formula is C19H25N3O3S. The molecule has 1 heterocycles. The molecule has 0 radical (unpaired) electrons. The summed E-state index contributed by atoms with van der Waals surface area (Å²) in [4.78, 5) is 4.24. The molecule has 6 nitrogen and oxygen atoms in total. The van der Waals surface area contributed by atoms with E-state index in [1.54, 1.807) is 19.4 Å². The van der Waals surface area contributed by atoms with Crippen LogP contribution in [0.2, 0.25) is 0 Å². The Labute approximate surface area is 159 Å². The topological polar surface area (TPSA) is 64.6 Å². The summed E-state index contributed by atoms with van der Waals surface area (Å²) in [7, 11) is 1.59. The molecular weight excluding hydrogens is 350 g/mol. The molecule has 0 amide bonds. The smallest absolute Gasteiger partial charge is 0.174 e. The van der Waals surface area contributed by atoms with Crippen LogP contribution in [0.4, 0.5) is 5.82 Å². The van der Waals surface area contributed by atoms with Gasteiger partial charge in [-0.25, -0.2) is 4.98 Å². The normalized spacial score (nSPS) is 11.4. The average molecular weight is 375 g/mol. The number of thiocarbonyl (C=S) groups is 1. The van der Waals surface area contributed by atoms with Crippen LogP contribution in [-0.4, -0.2) is 30.4 Å². The molecule has 2 N–H and O–H groups in total. The highest BCUT2D eigenvalue weighted by Gasteiger charge is 2.13. The van der Waals surface area contributed by atoms with E-state index in [2.05, 4.69) is 15.6 Å². The van der Waals surface area contributed by atoms with Gasteiger partial charge in [-0.1, -0.05) is 6.07 Å². The number of rotatable bonds is 8. The van der Waals surface area contributed by atoms with Gasteiger partial charge in [0, 0.05) is 6.20 Å². The van der Waals surface area contributed by atoms with E-state index < -0.39 is 0 Å². The van der Waals surface area contributed by atoms with Crippen LogP contribution in [0.1, 0.15) is 32.4 Å². The summed E-state index contributed by atoms with van der Waals surface area (Å²) in [5.74, 6) is 2.67. The Kier molecular flexibility index (Phi) is 7.47. The molecule has 2 rings (SSSR count). The molecule has 140 valence electrons. The van der Waals surface area contributed by atoms with Gasteiger partial charge in [0.15, 0.2) is 28.2 Å². The van der Waals surface area contributed by atoms with Gasteiger partial charge in [-0.15, -0.1) is 0 Å². The number of methoxy groups -OCH3 is 1. The van der Waals surface area contributed by atoms with Gasteiger partial charge in [-0.05, 0) is 62.8 Å². The third kappa shape index (κ3) is 5.23. The summed E-state index contributed by atoms with van der Waals surface area (Å²) >= 11 is 5.40. The minimum atomic E-state index is -0.0282. The molecule has 2 aromatic rings. The molecule has 7 heteroatoms. The van der Waals surface area contributed by atoms with Crippen LogP contribution in [0.3, 0.4) is 0 Å². The third-order valence-corrected chi connectivity index (χ3v) is 3.86. The van der Waals surface area contributed by atoms with E-state index in [4.69, 9.17) is 26.4 Å². The van der Waals surface area contributed by atoms with Gasteiger partial charge in [0.2, 0.25) is 0 Å². The van der Waals surface area contributed by atoms with Crippen molar-refractivity contribution in [2.45, 2.75) is 26.8 Å². The lowest BCUT2D eigenvalue weighted by Gasteiger charge is -2.19. The molecule has 0 aliphatic heterocycles. The summed E-state index contributed by atoms with van der Waals surface area (Å²) in [6.45, 7) is 7.08. The number of benzene rings is 1. The molecule has 0 aliphatic carbocycles. The Morgan fingerprint density at radius 2 is 1.85 bits per heavy atom. The van der Waals surface area contributed by atoms with E-state index in [-0.39, 0.29) is 6.04 Å². The SMILES string of the molecule is CCOc1ccc([C@@H](C)NC(=S)Nc2ncccc2OC)cc1OCC. The summed E-state index contributed by atoms with van der Waals surface area (Å²) in [6.07, 6.45) is 1.68. The van der Waals surface area contributed by atoms with E-state index in [0.29, 0.717) is 29.9 Å². The van der Waals surface area contributed by atoms with Crippen molar-refractivity contribution in [1.29, 1.82) is 0 Å². The van der Waals surface area contributed by atoms with Gasteiger partial charge in [-0.3, -0.25) is 0 Å². The van der Waals surface area contributed by atoms with Crippen molar-refractivity contribution >= 4 is 23.1 Å². The Bertz CT molecular complexity index is 740. The second kappa shape index (κ2) is 9.82. The highest BCUT2D eigenvalue weighted by atomic mass is 32.1. The van der Waals surface area contributed by atoms with Crippen LogP contribution >= 0.6 is 12.2 Å². The molecule has 0 saturated carbocycles. The van der Waals surface area contributed by atoms with E-state index >= 15 is 0 Å². The molecule has 0 bridgehead atoms. The van der Waals surface area contributed by atoms with Crippen LogP contribution in [0, 0.1) is 0 Å². The van der Waals surface area contributed by atoms with Gasteiger partial charge >= 0.3 is 0 Å². The van der Waals surface area contributed by atoms with Crippen molar-refractivity contribution in [2.24, 2.45) is 0 Å². The highest BCUT2D eigenvalue weighted by molar-refractivity contribution is 7.80. The Balaban J connectivity index is 2.07. The number of nitrogens with zero attached hydrogens (tertiary/aromatic N) is 1. The lowest BCUT2D eigenvalue weighted by atomic mass is 10.1. The monoisotopic (exact) mass is 375 g/mol. The molecule has 0 spiro atoms. The number of aromatic nitrogens is 1. The molecule has 1 aromatic heterocycles. The first kappa shape index (κ1) is 19.8. The van der Waals surface area contributed by atoms with Crippen molar-refractivity contribution in [3.63, 3.8) is 0 Å². The van der Waals surface area contributed by atoms with E-state index in [1.165, 1.54) is 0 Å². The standard InChI is InChI=1S/C19H25N3O3S/c1-5-24-15-10-9-14(12-17(15)25-6-2)13(3)21-19(26)22-18-16(23-4)8-7-11-20-18/h7-13H,5-6H2,1-4H3,(H2,20,21,22,26)/t13-/m1/s1. The van der Waals surface area contributed by atoms with Crippen LogP contribution in [0.25, 0.3) is 0 Å². The second-order valence-electron chi connectivity index (χ2n) is 5.45. The largest absolute Gasteiger partial charge is 0.493 e. The van der Waals surface area contributed by atoms with Crippen molar-refractivity contribution in [3.05, 3.63) is 42.1 Å². The highest BCUT2D eigenvalue weighted by Crippen LogP contribution is 2.30. The fourth-order valence-corrected chi connectivity index (χ4v) is 2.68. The first-order chi connectivity index (χ1) is 12.6. The predicted octanol–water partition coefficient (Wildman–Crippen LogP) is 3.94. The van der Waals surface area contributed by atoms with E-state index in [0.717, 1.165) is 17.1 Å². The van der Waals surface area contributed by atoms with Crippen LogP contribution in [0.5, 0.6) is 17.2 Å².